The van der Waals surface area contributed by atoms with Gasteiger partial charge in [-0.05, 0) is 49.2 Å². The zero-order valence-corrected chi connectivity index (χ0v) is 16.5. The van der Waals surface area contributed by atoms with E-state index in [0.717, 1.165) is 29.9 Å². The molecule has 2 nitrogen and oxygen atoms in total. The zero-order chi connectivity index (χ0) is 20.6. The van der Waals surface area contributed by atoms with Crippen LogP contribution in [0.25, 0.3) is 0 Å². The van der Waals surface area contributed by atoms with Crippen molar-refractivity contribution in [3.8, 4) is 23.3 Å². The van der Waals surface area contributed by atoms with Crippen LogP contribution >= 0.6 is 11.6 Å². The molecule has 0 aliphatic carbocycles. The molecular weight excluding hydrogens is 389 g/mol. The number of hydrogen-bond acceptors (Lipinski definition) is 2. The van der Waals surface area contributed by atoms with Gasteiger partial charge in [-0.15, -0.1) is 5.92 Å². The quantitative estimate of drug-likeness (QED) is 0.355. The Hall–Kier alpha value is -2.32. The van der Waals surface area contributed by atoms with Crippen molar-refractivity contribution in [2.75, 3.05) is 13.2 Å². The Balaban J connectivity index is 1.81. The molecular formula is C22H22ClF3O2. The molecule has 0 N–H and O–H groups in total. The second kappa shape index (κ2) is 10.3. The van der Waals surface area contributed by atoms with Crippen LogP contribution in [0, 0.1) is 11.8 Å². The smallest absolute Gasteiger partial charge is 0.416 e. The van der Waals surface area contributed by atoms with Crippen molar-refractivity contribution >= 4 is 11.6 Å². The van der Waals surface area contributed by atoms with Crippen LogP contribution in [0.15, 0.2) is 42.5 Å². The third-order valence-corrected chi connectivity index (χ3v) is 4.40. The standard InChI is InChI=1S/C22H22ClF3O2/c1-3-6-16(4-2)17-7-10-19(11-8-17)27-13-5-14-28-21-15-18(22(24,25)26)9-12-20(21)23/h7-12,15-16H,4-5,13-14H2,1-2H3. The van der Waals surface area contributed by atoms with Gasteiger partial charge in [0.25, 0.3) is 0 Å². The van der Waals surface area contributed by atoms with Crippen LogP contribution in [0.2, 0.25) is 5.02 Å². The number of rotatable bonds is 8. The molecule has 0 fully saturated rings. The van der Waals surface area contributed by atoms with Crippen LogP contribution in [0.5, 0.6) is 11.5 Å². The van der Waals surface area contributed by atoms with Gasteiger partial charge in [0.05, 0.1) is 23.8 Å². The highest BCUT2D eigenvalue weighted by molar-refractivity contribution is 6.32. The maximum absolute atomic E-state index is 12.7. The summed E-state index contributed by atoms with van der Waals surface area (Å²) >= 11 is 5.90. The lowest BCUT2D eigenvalue weighted by molar-refractivity contribution is -0.137. The minimum Gasteiger partial charge on any atom is -0.493 e. The SMILES string of the molecule is CC#CC(CC)c1ccc(OCCCOc2cc(C(F)(F)F)ccc2Cl)cc1. The van der Waals surface area contributed by atoms with E-state index in [1.807, 2.05) is 31.2 Å². The Morgan fingerprint density at radius 2 is 1.71 bits per heavy atom. The molecule has 1 atom stereocenters. The maximum Gasteiger partial charge on any atom is 0.416 e. The van der Waals surface area contributed by atoms with E-state index in [0.29, 0.717) is 13.0 Å². The van der Waals surface area contributed by atoms with Gasteiger partial charge in [-0.1, -0.05) is 36.6 Å². The molecule has 1 unspecified atom stereocenters. The summed E-state index contributed by atoms with van der Waals surface area (Å²) in [5.41, 5.74) is 0.355. The second-order valence-corrected chi connectivity index (χ2v) is 6.52. The number of ether oxygens (including phenoxy) is 2. The van der Waals surface area contributed by atoms with E-state index in [-0.39, 0.29) is 23.3 Å². The first-order valence-corrected chi connectivity index (χ1v) is 9.37. The molecule has 150 valence electrons. The van der Waals surface area contributed by atoms with Gasteiger partial charge in [0.1, 0.15) is 11.5 Å². The first kappa shape index (κ1) is 22.0. The first-order valence-electron chi connectivity index (χ1n) is 8.99. The van der Waals surface area contributed by atoms with Gasteiger partial charge >= 0.3 is 6.18 Å². The maximum atomic E-state index is 12.7. The summed E-state index contributed by atoms with van der Waals surface area (Å²) in [7, 11) is 0. The second-order valence-electron chi connectivity index (χ2n) is 6.12. The third-order valence-electron chi connectivity index (χ3n) is 4.08. The molecule has 2 rings (SSSR count). The van der Waals surface area contributed by atoms with Gasteiger partial charge in [-0.3, -0.25) is 0 Å². The normalized spacial score (nSPS) is 12.1. The number of halogens is 4. The lowest BCUT2D eigenvalue weighted by atomic mass is 9.97. The van der Waals surface area contributed by atoms with Gasteiger partial charge in [0.2, 0.25) is 0 Å². The molecule has 0 saturated carbocycles. The van der Waals surface area contributed by atoms with E-state index in [1.165, 1.54) is 6.07 Å². The summed E-state index contributed by atoms with van der Waals surface area (Å²) in [5, 5.41) is 0.144. The highest BCUT2D eigenvalue weighted by Crippen LogP contribution is 2.35. The van der Waals surface area contributed by atoms with Crippen LogP contribution in [-0.4, -0.2) is 13.2 Å². The van der Waals surface area contributed by atoms with E-state index >= 15 is 0 Å². The molecule has 0 amide bonds. The van der Waals surface area contributed by atoms with Gasteiger partial charge in [0.15, 0.2) is 0 Å². The van der Waals surface area contributed by atoms with Crippen LogP contribution in [-0.2, 0) is 6.18 Å². The highest BCUT2D eigenvalue weighted by Gasteiger charge is 2.31. The monoisotopic (exact) mass is 410 g/mol. The van der Waals surface area contributed by atoms with E-state index in [4.69, 9.17) is 21.1 Å². The topological polar surface area (TPSA) is 18.5 Å². The number of alkyl halides is 3. The van der Waals surface area contributed by atoms with E-state index in [9.17, 15) is 13.2 Å². The average molecular weight is 411 g/mol. The van der Waals surface area contributed by atoms with Crippen molar-refractivity contribution in [2.45, 2.75) is 38.8 Å². The van der Waals surface area contributed by atoms with Gasteiger partial charge in [-0.2, -0.15) is 13.2 Å². The summed E-state index contributed by atoms with van der Waals surface area (Å²) in [5.74, 6) is 7.07. The van der Waals surface area contributed by atoms with Crippen molar-refractivity contribution < 1.29 is 22.6 Å². The minimum atomic E-state index is -4.43. The molecule has 0 radical (unpaired) electrons. The fourth-order valence-corrected chi connectivity index (χ4v) is 2.79. The van der Waals surface area contributed by atoms with E-state index in [1.54, 1.807) is 0 Å². The Kier molecular flexibility index (Phi) is 8.07. The van der Waals surface area contributed by atoms with Gasteiger partial charge < -0.3 is 9.47 Å². The highest BCUT2D eigenvalue weighted by atomic mass is 35.5. The molecule has 0 bridgehead atoms. The molecule has 0 aromatic heterocycles. The largest absolute Gasteiger partial charge is 0.493 e. The van der Waals surface area contributed by atoms with Crippen molar-refractivity contribution in [3.05, 3.63) is 58.6 Å². The molecule has 0 spiro atoms. The molecule has 28 heavy (non-hydrogen) atoms. The van der Waals surface area contributed by atoms with Crippen molar-refractivity contribution in [3.63, 3.8) is 0 Å². The predicted octanol–water partition coefficient (Wildman–Crippen LogP) is 6.72. The molecule has 0 aliphatic rings. The lowest BCUT2D eigenvalue weighted by Crippen LogP contribution is -2.08. The Morgan fingerprint density at radius 1 is 1.04 bits per heavy atom. The molecule has 2 aromatic rings. The van der Waals surface area contributed by atoms with Crippen LogP contribution in [0.1, 0.15) is 43.7 Å². The summed E-state index contributed by atoms with van der Waals surface area (Å²) < 4.78 is 49.3. The molecule has 0 aliphatic heterocycles. The summed E-state index contributed by atoms with van der Waals surface area (Å²) in [6, 6.07) is 10.8. The Bertz CT molecular complexity index is 820. The number of benzene rings is 2. The van der Waals surface area contributed by atoms with Crippen molar-refractivity contribution in [2.24, 2.45) is 0 Å². The minimum absolute atomic E-state index is 0.0171. The fourth-order valence-electron chi connectivity index (χ4n) is 2.61. The summed E-state index contributed by atoms with van der Waals surface area (Å²) in [6.45, 7) is 4.50. The molecule has 6 heteroatoms. The van der Waals surface area contributed by atoms with Crippen LogP contribution in [0.3, 0.4) is 0 Å². The average Bonchev–Trinajstić information content (AvgIpc) is 2.67. The summed E-state index contributed by atoms with van der Waals surface area (Å²) in [4.78, 5) is 0. The van der Waals surface area contributed by atoms with Crippen molar-refractivity contribution in [1.29, 1.82) is 0 Å². The third kappa shape index (κ3) is 6.38. The number of hydrogen-bond donors (Lipinski definition) is 0. The lowest BCUT2D eigenvalue weighted by Gasteiger charge is -2.13. The first-order chi connectivity index (χ1) is 13.3. The van der Waals surface area contributed by atoms with Crippen LogP contribution < -0.4 is 9.47 Å². The Labute approximate surface area is 168 Å². The van der Waals surface area contributed by atoms with Gasteiger partial charge in [-0.25, -0.2) is 0 Å². The van der Waals surface area contributed by atoms with E-state index in [2.05, 4.69) is 18.8 Å². The molecule has 0 saturated heterocycles. The zero-order valence-electron chi connectivity index (χ0n) is 15.8. The van der Waals surface area contributed by atoms with Gasteiger partial charge in [0, 0.05) is 12.3 Å². The predicted molar refractivity (Wildman–Crippen MR) is 105 cm³/mol. The summed E-state index contributed by atoms with van der Waals surface area (Å²) in [6.07, 6.45) is -2.98. The molecule has 2 aromatic carbocycles. The fraction of sp³-hybridized carbons (Fsp3) is 0.364. The Morgan fingerprint density at radius 3 is 2.32 bits per heavy atom. The van der Waals surface area contributed by atoms with Crippen LogP contribution in [0.4, 0.5) is 13.2 Å². The molecule has 0 heterocycles. The van der Waals surface area contributed by atoms with E-state index < -0.39 is 11.7 Å². The van der Waals surface area contributed by atoms with Crippen molar-refractivity contribution in [1.82, 2.24) is 0 Å².